The number of amides is 2. The summed E-state index contributed by atoms with van der Waals surface area (Å²) in [5.41, 5.74) is 3.12. The van der Waals surface area contributed by atoms with Crippen molar-refractivity contribution < 1.29 is 19.8 Å². The van der Waals surface area contributed by atoms with Gasteiger partial charge in [0.1, 0.15) is 11.5 Å². The SMILES string of the molecule is C=C(C)C1CCC(C)=CC1c1c(O)cc(CCCCC)c(C(=O)NC(C)=O)c1O. The Kier molecular flexibility index (Phi) is 7.66. The highest BCUT2D eigenvalue weighted by Gasteiger charge is 2.33. The molecule has 0 heterocycles. The standard InChI is InChI=1S/C24H33NO4/c1-6-7-8-9-17-13-20(27)22(23(28)21(17)24(29)25-16(5)26)19-12-15(4)10-11-18(19)14(2)3/h12-13,18-19,27-28H,2,6-11H2,1,3-5H3,(H,25,26,29). The lowest BCUT2D eigenvalue weighted by Crippen LogP contribution is -2.29. The number of phenolic OH excluding ortho intramolecular Hbond substituents is 2. The third-order valence-electron chi connectivity index (χ3n) is 5.68. The second-order valence-electron chi connectivity index (χ2n) is 8.19. The van der Waals surface area contributed by atoms with Gasteiger partial charge in [-0.2, -0.15) is 0 Å². The Morgan fingerprint density at radius 2 is 1.93 bits per heavy atom. The van der Waals surface area contributed by atoms with E-state index in [4.69, 9.17) is 0 Å². The van der Waals surface area contributed by atoms with Gasteiger partial charge in [0.25, 0.3) is 5.91 Å². The average molecular weight is 400 g/mol. The highest BCUT2D eigenvalue weighted by molar-refractivity contribution is 6.07. The van der Waals surface area contributed by atoms with Crippen LogP contribution in [0.4, 0.5) is 0 Å². The molecule has 2 atom stereocenters. The Labute approximate surface area is 173 Å². The fourth-order valence-corrected chi connectivity index (χ4v) is 4.20. The van der Waals surface area contributed by atoms with Gasteiger partial charge in [0.05, 0.1) is 5.56 Å². The molecule has 0 aromatic heterocycles. The summed E-state index contributed by atoms with van der Waals surface area (Å²) in [4.78, 5) is 24.2. The normalized spacial score (nSPS) is 18.8. The van der Waals surface area contributed by atoms with Gasteiger partial charge in [0.2, 0.25) is 5.91 Å². The molecule has 0 radical (unpaired) electrons. The van der Waals surface area contributed by atoms with Gasteiger partial charge >= 0.3 is 0 Å². The zero-order valence-corrected chi connectivity index (χ0v) is 18.0. The molecule has 1 aromatic rings. The first-order valence-corrected chi connectivity index (χ1v) is 10.4. The molecule has 2 rings (SSSR count). The van der Waals surface area contributed by atoms with Crippen molar-refractivity contribution in [1.29, 1.82) is 0 Å². The fourth-order valence-electron chi connectivity index (χ4n) is 4.20. The molecule has 5 nitrogen and oxygen atoms in total. The van der Waals surface area contributed by atoms with E-state index in [1.165, 1.54) is 12.5 Å². The van der Waals surface area contributed by atoms with Gasteiger partial charge in [-0.05, 0) is 57.1 Å². The Morgan fingerprint density at radius 3 is 2.52 bits per heavy atom. The number of hydrogen-bond donors (Lipinski definition) is 3. The number of nitrogens with one attached hydrogen (secondary N) is 1. The van der Waals surface area contributed by atoms with Gasteiger partial charge in [0, 0.05) is 18.4 Å². The molecule has 0 aliphatic heterocycles. The number of imide groups is 1. The summed E-state index contributed by atoms with van der Waals surface area (Å²) in [5, 5.41) is 24.2. The van der Waals surface area contributed by atoms with E-state index in [0.717, 1.165) is 37.7 Å². The number of benzene rings is 1. The van der Waals surface area contributed by atoms with Crippen LogP contribution in [-0.2, 0) is 11.2 Å². The van der Waals surface area contributed by atoms with Crippen molar-refractivity contribution in [3.8, 4) is 11.5 Å². The molecule has 0 saturated heterocycles. The lowest BCUT2D eigenvalue weighted by atomic mass is 9.73. The van der Waals surface area contributed by atoms with Gasteiger partial charge in [-0.1, -0.05) is 43.6 Å². The third kappa shape index (κ3) is 5.28. The van der Waals surface area contributed by atoms with Crippen LogP contribution in [0.25, 0.3) is 0 Å². The van der Waals surface area contributed by atoms with Gasteiger partial charge in [-0.3, -0.25) is 14.9 Å². The second kappa shape index (κ2) is 9.77. The minimum absolute atomic E-state index is 0.0180. The Morgan fingerprint density at radius 1 is 1.24 bits per heavy atom. The van der Waals surface area contributed by atoms with Crippen LogP contribution in [0.3, 0.4) is 0 Å². The highest BCUT2D eigenvalue weighted by atomic mass is 16.3. The molecule has 5 heteroatoms. The van der Waals surface area contributed by atoms with Crippen LogP contribution in [0.2, 0.25) is 0 Å². The third-order valence-corrected chi connectivity index (χ3v) is 5.68. The topological polar surface area (TPSA) is 86.6 Å². The van der Waals surface area contributed by atoms with Crippen LogP contribution < -0.4 is 5.32 Å². The monoisotopic (exact) mass is 399 g/mol. The van der Waals surface area contributed by atoms with Crippen LogP contribution in [0.5, 0.6) is 11.5 Å². The molecule has 1 aliphatic carbocycles. The van der Waals surface area contributed by atoms with E-state index in [1.807, 2.05) is 19.9 Å². The van der Waals surface area contributed by atoms with Gasteiger partial charge in [0.15, 0.2) is 0 Å². The van der Waals surface area contributed by atoms with Crippen LogP contribution in [0.15, 0.2) is 29.9 Å². The van der Waals surface area contributed by atoms with Crippen LogP contribution in [-0.4, -0.2) is 22.0 Å². The van der Waals surface area contributed by atoms with Crippen molar-refractivity contribution >= 4 is 11.8 Å². The fraction of sp³-hybridized carbons (Fsp3) is 0.500. The molecular formula is C24H33NO4. The molecule has 0 spiro atoms. The molecule has 2 unspecified atom stereocenters. The molecule has 3 N–H and O–H groups in total. The number of rotatable bonds is 7. The van der Waals surface area contributed by atoms with E-state index in [2.05, 4.69) is 18.8 Å². The summed E-state index contributed by atoms with van der Waals surface area (Å²) < 4.78 is 0. The maximum atomic E-state index is 12.7. The molecule has 0 saturated carbocycles. The number of allylic oxidation sites excluding steroid dienone is 3. The van der Waals surface area contributed by atoms with Crippen LogP contribution >= 0.6 is 0 Å². The smallest absolute Gasteiger partial charge is 0.261 e. The molecule has 158 valence electrons. The van der Waals surface area contributed by atoms with Crippen molar-refractivity contribution in [2.24, 2.45) is 5.92 Å². The first-order chi connectivity index (χ1) is 13.7. The van der Waals surface area contributed by atoms with E-state index < -0.39 is 11.8 Å². The van der Waals surface area contributed by atoms with Gasteiger partial charge in [-0.25, -0.2) is 0 Å². The summed E-state index contributed by atoms with van der Waals surface area (Å²) in [7, 11) is 0. The predicted molar refractivity (Wildman–Crippen MR) is 115 cm³/mol. The number of phenols is 2. The molecule has 0 fully saturated rings. The van der Waals surface area contributed by atoms with Gasteiger partial charge < -0.3 is 10.2 Å². The molecular weight excluding hydrogens is 366 g/mol. The zero-order chi connectivity index (χ0) is 21.7. The summed E-state index contributed by atoms with van der Waals surface area (Å²) >= 11 is 0. The van der Waals surface area contributed by atoms with Crippen molar-refractivity contribution in [3.05, 3.63) is 46.6 Å². The number of aryl methyl sites for hydroxylation is 1. The van der Waals surface area contributed by atoms with E-state index in [0.29, 0.717) is 17.5 Å². The first kappa shape index (κ1) is 22.7. The van der Waals surface area contributed by atoms with E-state index in [-0.39, 0.29) is 28.9 Å². The highest BCUT2D eigenvalue weighted by Crippen LogP contribution is 2.48. The van der Waals surface area contributed by atoms with Crippen molar-refractivity contribution in [2.75, 3.05) is 0 Å². The molecule has 1 aromatic carbocycles. The number of aromatic hydroxyl groups is 2. The minimum Gasteiger partial charge on any atom is -0.507 e. The quantitative estimate of drug-likeness (QED) is 0.438. The minimum atomic E-state index is -0.633. The summed E-state index contributed by atoms with van der Waals surface area (Å²) in [5.74, 6) is -1.59. The first-order valence-electron chi connectivity index (χ1n) is 10.4. The number of hydrogen-bond acceptors (Lipinski definition) is 4. The van der Waals surface area contributed by atoms with E-state index >= 15 is 0 Å². The molecule has 2 amide bonds. The predicted octanol–water partition coefficient (Wildman–Crippen LogP) is 5.12. The van der Waals surface area contributed by atoms with Crippen LogP contribution in [0.1, 0.15) is 87.2 Å². The molecule has 29 heavy (non-hydrogen) atoms. The molecule has 1 aliphatic rings. The van der Waals surface area contributed by atoms with Crippen molar-refractivity contribution in [3.63, 3.8) is 0 Å². The summed E-state index contributed by atoms with van der Waals surface area (Å²) in [6, 6.07) is 1.58. The van der Waals surface area contributed by atoms with Gasteiger partial charge in [-0.15, -0.1) is 0 Å². The molecule has 0 bridgehead atoms. The number of carbonyl (C=O) groups excluding carboxylic acids is 2. The number of unbranched alkanes of at least 4 members (excludes halogenated alkanes) is 2. The average Bonchev–Trinajstić information content (AvgIpc) is 2.60. The Balaban J connectivity index is 2.63. The summed E-state index contributed by atoms with van der Waals surface area (Å²) in [6.07, 6.45) is 7.19. The lowest BCUT2D eigenvalue weighted by Gasteiger charge is -2.32. The largest absolute Gasteiger partial charge is 0.507 e. The van der Waals surface area contributed by atoms with Crippen molar-refractivity contribution in [1.82, 2.24) is 5.32 Å². The van der Waals surface area contributed by atoms with Crippen LogP contribution in [0, 0.1) is 5.92 Å². The maximum Gasteiger partial charge on any atom is 0.261 e. The van der Waals surface area contributed by atoms with E-state index in [1.54, 1.807) is 6.07 Å². The zero-order valence-electron chi connectivity index (χ0n) is 18.0. The second-order valence-corrected chi connectivity index (χ2v) is 8.19. The number of carbonyl (C=O) groups is 2. The Bertz CT molecular complexity index is 838. The summed E-state index contributed by atoms with van der Waals surface area (Å²) in [6.45, 7) is 11.4. The maximum absolute atomic E-state index is 12.7. The lowest BCUT2D eigenvalue weighted by molar-refractivity contribution is -0.118. The van der Waals surface area contributed by atoms with Crippen molar-refractivity contribution in [2.45, 2.75) is 72.1 Å². The Hall–Kier alpha value is -2.56. The van der Waals surface area contributed by atoms with E-state index in [9.17, 15) is 19.8 Å².